The predicted molar refractivity (Wildman–Crippen MR) is 73.1 cm³/mol. The van der Waals surface area contributed by atoms with Crippen molar-refractivity contribution in [2.75, 3.05) is 5.73 Å². The number of nitrogen functional groups attached to an aromatic ring is 1. The summed E-state index contributed by atoms with van der Waals surface area (Å²) >= 11 is 0. The van der Waals surface area contributed by atoms with Gasteiger partial charge >= 0.3 is 6.18 Å². The van der Waals surface area contributed by atoms with Gasteiger partial charge in [-0.3, -0.25) is 0 Å². The van der Waals surface area contributed by atoms with Gasteiger partial charge in [-0.2, -0.15) is 13.2 Å². The van der Waals surface area contributed by atoms with E-state index in [4.69, 9.17) is 5.73 Å². The molecule has 0 bridgehead atoms. The van der Waals surface area contributed by atoms with Gasteiger partial charge in [0, 0.05) is 11.3 Å². The summed E-state index contributed by atoms with van der Waals surface area (Å²) < 4.78 is 37.5. The van der Waals surface area contributed by atoms with Crippen LogP contribution in [-0.2, 0) is 5.41 Å². The molecule has 2 nitrogen and oxygen atoms in total. The van der Waals surface area contributed by atoms with E-state index in [1.807, 2.05) is 26.7 Å². The van der Waals surface area contributed by atoms with Crippen molar-refractivity contribution in [1.29, 1.82) is 0 Å². The normalized spacial score (nSPS) is 15.2. The third kappa shape index (κ3) is 3.67. The van der Waals surface area contributed by atoms with Gasteiger partial charge < -0.3 is 10.8 Å². The van der Waals surface area contributed by atoms with Gasteiger partial charge in [0.05, 0.1) is 0 Å². The molecule has 0 saturated heterocycles. The Hall–Kier alpha value is -1.67. The van der Waals surface area contributed by atoms with Crippen molar-refractivity contribution in [2.45, 2.75) is 44.9 Å². The van der Waals surface area contributed by atoms with Crippen molar-refractivity contribution in [3.05, 3.63) is 29.3 Å². The first-order valence-electron chi connectivity index (χ1n) is 6.07. The fourth-order valence-corrected chi connectivity index (χ4v) is 1.55. The summed E-state index contributed by atoms with van der Waals surface area (Å²) in [7, 11) is 0. The average molecular weight is 285 g/mol. The van der Waals surface area contributed by atoms with E-state index >= 15 is 0 Å². The summed E-state index contributed by atoms with van der Waals surface area (Å²) in [5, 5.41) is 9.27. The van der Waals surface area contributed by atoms with Gasteiger partial charge in [0.2, 0.25) is 5.60 Å². The van der Waals surface area contributed by atoms with E-state index < -0.39 is 11.8 Å². The molecule has 1 atom stereocenters. The molecule has 0 saturated carbocycles. The number of hydrogen-bond donors (Lipinski definition) is 2. The first-order chi connectivity index (χ1) is 8.84. The Morgan fingerprint density at radius 2 is 1.65 bits per heavy atom. The molecule has 0 amide bonds. The maximum absolute atomic E-state index is 12.5. The molecule has 1 unspecified atom stereocenters. The van der Waals surface area contributed by atoms with Crippen LogP contribution in [0.4, 0.5) is 18.9 Å². The molecular formula is C15H18F3NO. The molecule has 0 aliphatic heterocycles. The van der Waals surface area contributed by atoms with E-state index in [1.165, 1.54) is 6.07 Å². The predicted octanol–water partition coefficient (Wildman–Crippen LogP) is 3.23. The molecule has 0 radical (unpaired) electrons. The van der Waals surface area contributed by atoms with Crippen LogP contribution in [0.1, 0.15) is 38.8 Å². The highest BCUT2D eigenvalue weighted by atomic mass is 19.4. The number of alkyl halides is 3. The maximum Gasteiger partial charge on any atom is 0.428 e. The Kier molecular flexibility index (Phi) is 4.12. The fraction of sp³-hybridized carbons (Fsp3) is 0.467. The lowest BCUT2D eigenvalue weighted by atomic mass is 9.85. The van der Waals surface area contributed by atoms with Crippen LogP contribution in [-0.4, -0.2) is 16.9 Å². The summed E-state index contributed by atoms with van der Waals surface area (Å²) in [6.07, 6.45) is -4.79. The number of benzene rings is 1. The second-order valence-electron chi connectivity index (χ2n) is 5.87. The van der Waals surface area contributed by atoms with Crippen molar-refractivity contribution in [1.82, 2.24) is 0 Å². The number of anilines is 1. The SMILES string of the molecule is CC(C)(C)c1cc(C#CC(C)(O)C(F)(F)F)ccc1N. The lowest BCUT2D eigenvalue weighted by Crippen LogP contribution is -2.40. The Morgan fingerprint density at radius 3 is 2.10 bits per heavy atom. The highest BCUT2D eigenvalue weighted by Crippen LogP contribution is 2.30. The minimum absolute atomic E-state index is 0.242. The van der Waals surface area contributed by atoms with E-state index in [9.17, 15) is 18.3 Å². The fourth-order valence-electron chi connectivity index (χ4n) is 1.55. The summed E-state index contributed by atoms with van der Waals surface area (Å²) in [4.78, 5) is 0. The van der Waals surface area contributed by atoms with E-state index in [0.29, 0.717) is 18.2 Å². The minimum Gasteiger partial charge on any atom is -0.398 e. The number of hydrogen-bond acceptors (Lipinski definition) is 2. The van der Waals surface area contributed by atoms with Crippen LogP contribution in [0.5, 0.6) is 0 Å². The first-order valence-corrected chi connectivity index (χ1v) is 6.07. The van der Waals surface area contributed by atoms with Gasteiger partial charge in [-0.1, -0.05) is 32.6 Å². The van der Waals surface area contributed by atoms with Crippen molar-refractivity contribution in [2.24, 2.45) is 0 Å². The molecule has 0 heterocycles. The van der Waals surface area contributed by atoms with Gasteiger partial charge in [-0.05, 0) is 36.1 Å². The molecule has 0 aliphatic carbocycles. The lowest BCUT2D eigenvalue weighted by molar-refractivity contribution is -0.228. The Bertz CT molecular complexity index is 557. The molecule has 0 spiro atoms. The van der Waals surface area contributed by atoms with Crippen LogP contribution in [0.25, 0.3) is 0 Å². The summed E-state index contributed by atoms with van der Waals surface area (Å²) in [5.41, 5.74) is 4.32. The molecule has 5 heteroatoms. The zero-order valence-electron chi connectivity index (χ0n) is 11.9. The summed E-state index contributed by atoms with van der Waals surface area (Å²) in [6.45, 7) is 6.47. The second-order valence-corrected chi connectivity index (χ2v) is 5.87. The average Bonchev–Trinajstić information content (AvgIpc) is 2.24. The monoisotopic (exact) mass is 285 g/mol. The van der Waals surface area contributed by atoms with Gasteiger partial charge in [0.25, 0.3) is 0 Å². The molecule has 20 heavy (non-hydrogen) atoms. The topological polar surface area (TPSA) is 46.2 Å². The lowest BCUT2D eigenvalue weighted by Gasteiger charge is -2.21. The Labute approximate surface area is 116 Å². The molecule has 110 valence electrons. The zero-order chi connectivity index (χ0) is 15.8. The Balaban J connectivity index is 3.20. The van der Waals surface area contributed by atoms with E-state index in [-0.39, 0.29) is 5.41 Å². The van der Waals surface area contributed by atoms with Crippen LogP contribution in [0.15, 0.2) is 18.2 Å². The van der Waals surface area contributed by atoms with Crippen LogP contribution in [0.2, 0.25) is 0 Å². The molecule has 0 aromatic heterocycles. The molecule has 0 aliphatic rings. The van der Waals surface area contributed by atoms with Gasteiger partial charge in [-0.15, -0.1) is 0 Å². The van der Waals surface area contributed by atoms with Crippen LogP contribution < -0.4 is 5.73 Å². The summed E-state index contributed by atoms with van der Waals surface area (Å²) in [6, 6.07) is 4.78. The van der Waals surface area contributed by atoms with Gasteiger partial charge in [-0.25, -0.2) is 0 Å². The molecule has 3 N–H and O–H groups in total. The van der Waals surface area contributed by atoms with Crippen molar-refractivity contribution < 1.29 is 18.3 Å². The van der Waals surface area contributed by atoms with Crippen molar-refractivity contribution >= 4 is 5.69 Å². The molecule has 1 rings (SSSR count). The highest BCUT2D eigenvalue weighted by molar-refractivity contribution is 5.55. The third-order valence-corrected chi connectivity index (χ3v) is 2.86. The number of nitrogens with two attached hydrogens (primary N) is 1. The quantitative estimate of drug-likeness (QED) is 0.568. The van der Waals surface area contributed by atoms with Crippen LogP contribution >= 0.6 is 0 Å². The van der Waals surface area contributed by atoms with Crippen molar-refractivity contribution in [3.8, 4) is 11.8 Å². The van der Waals surface area contributed by atoms with Gasteiger partial charge in [0.1, 0.15) is 0 Å². The largest absolute Gasteiger partial charge is 0.428 e. The van der Waals surface area contributed by atoms with E-state index in [0.717, 1.165) is 5.56 Å². The zero-order valence-corrected chi connectivity index (χ0v) is 11.9. The molecule has 0 fully saturated rings. The van der Waals surface area contributed by atoms with Crippen LogP contribution in [0, 0.1) is 11.8 Å². The number of halogens is 3. The number of rotatable bonds is 0. The highest BCUT2D eigenvalue weighted by Gasteiger charge is 2.48. The third-order valence-electron chi connectivity index (χ3n) is 2.86. The molecule has 1 aromatic rings. The van der Waals surface area contributed by atoms with Crippen molar-refractivity contribution in [3.63, 3.8) is 0 Å². The van der Waals surface area contributed by atoms with Crippen LogP contribution in [0.3, 0.4) is 0 Å². The standard InChI is InChI=1S/C15H18F3NO/c1-13(2,3)11-9-10(5-6-12(11)19)7-8-14(4,20)15(16,17)18/h5-6,9,20H,19H2,1-4H3. The van der Waals surface area contributed by atoms with E-state index in [1.54, 1.807) is 12.1 Å². The number of aliphatic hydroxyl groups is 1. The molecular weight excluding hydrogens is 267 g/mol. The summed E-state index contributed by atoms with van der Waals surface area (Å²) in [5.74, 6) is 4.21. The maximum atomic E-state index is 12.5. The second kappa shape index (κ2) is 5.02. The molecule has 1 aromatic carbocycles. The minimum atomic E-state index is -4.79. The smallest absolute Gasteiger partial charge is 0.398 e. The Morgan fingerprint density at radius 1 is 1.10 bits per heavy atom. The van der Waals surface area contributed by atoms with Gasteiger partial charge in [0.15, 0.2) is 0 Å². The van der Waals surface area contributed by atoms with E-state index in [2.05, 4.69) is 5.92 Å². The first kappa shape index (κ1) is 16.4.